The van der Waals surface area contributed by atoms with Crippen LogP contribution >= 0.6 is 0 Å². The lowest BCUT2D eigenvalue weighted by atomic mass is 9.90. The van der Waals surface area contributed by atoms with Gasteiger partial charge in [-0.05, 0) is 74.9 Å². The minimum Gasteiger partial charge on any atom is -0.492 e. The molecule has 2 aromatic rings. The van der Waals surface area contributed by atoms with Gasteiger partial charge in [-0.25, -0.2) is 0 Å². The molecule has 0 N–H and O–H groups in total. The third-order valence-electron chi connectivity index (χ3n) is 6.74. The molecule has 0 amide bonds. The average Bonchev–Trinajstić information content (AvgIpc) is 2.83. The fourth-order valence-electron chi connectivity index (χ4n) is 4.57. The lowest BCUT2D eigenvalue weighted by Gasteiger charge is -2.34. The van der Waals surface area contributed by atoms with E-state index in [4.69, 9.17) is 10.00 Å². The molecule has 1 heterocycles. The van der Waals surface area contributed by atoms with E-state index >= 15 is 0 Å². The number of benzene rings is 2. The van der Waals surface area contributed by atoms with E-state index in [-0.39, 0.29) is 5.78 Å². The molecule has 0 bridgehead atoms. The largest absolute Gasteiger partial charge is 0.492 e. The van der Waals surface area contributed by atoms with Crippen LogP contribution in [0.1, 0.15) is 66.1 Å². The summed E-state index contributed by atoms with van der Waals surface area (Å²) in [7, 11) is 0. The van der Waals surface area contributed by atoms with Crippen molar-refractivity contribution in [1.82, 2.24) is 9.80 Å². The van der Waals surface area contributed by atoms with Gasteiger partial charge in [0.15, 0.2) is 5.78 Å². The van der Waals surface area contributed by atoms with Gasteiger partial charge in [0.1, 0.15) is 12.4 Å². The van der Waals surface area contributed by atoms with Crippen molar-refractivity contribution in [1.29, 1.82) is 5.26 Å². The van der Waals surface area contributed by atoms with E-state index in [1.165, 1.54) is 18.4 Å². The number of ketones is 1. The van der Waals surface area contributed by atoms with E-state index < -0.39 is 0 Å². The number of ether oxygens (including phenoxy) is 1. The molecule has 0 spiro atoms. The second-order valence-corrected chi connectivity index (χ2v) is 9.05. The molecule has 0 aliphatic carbocycles. The summed E-state index contributed by atoms with van der Waals surface area (Å²) >= 11 is 0. The van der Waals surface area contributed by atoms with Crippen LogP contribution in [-0.2, 0) is 0 Å². The van der Waals surface area contributed by atoms with Crippen molar-refractivity contribution in [3.63, 3.8) is 0 Å². The maximum absolute atomic E-state index is 11.5. The Labute approximate surface area is 199 Å². The van der Waals surface area contributed by atoms with Crippen LogP contribution in [0.2, 0.25) is 0 Å². The molecule has 0 aromatic heterocycles. The Morgan fingerprint density at radius 1 is 1.09 bits per heavy atom. The molecule has 1 fully saturated rings. The number of aryl methyl sites for hydroxylation is 1. The highest BCUT2D eigenvalue weighted by atomic mass is 16.5. The molecule has 33 heavy (non-hydrogen) atoms. The average molecular weight is 448 g/mol. The lowest BCUT2D eigenvalue weighted by Crippen LogP contribution is -2.47. The normalized spacial score (nSPS) is 15.7. The van der Waals surface area contributed by atoms with Gasteiger partial charge in [0.05, 0.1) is 11.6 Å². The standard InChI is InChI=1S/C28H37N3O2/c1-4-24(26-10-11-27(21-29)22(2)19-26)8-6-12-30-13-15-31(16-14-30)17-18-33-28-9-5-7-25(20-28)23(3)32/h5,7,9-11,19-20,24H,4,6,8,12-18H2,1-3H3. The Balaban J connectivity index is 1.35. The van der Waals surface area contributed by atoms with Crippen molar-refractivity contribution in [2.45, 2.75) is 46.0 Å². The van der Waals surface area contributed by atoms with Gasteiger partial charge >= 0.3 is 0 Å². The summed E-state index contributed by atoms with van der Waals surface area (Å²) in [5.74, 6) is 1.40. The molecule has 1 atom stereocenters. The van der Waals surface area contributed by atoms with E-state index in [9.17, 15) is 4.79 Å². The Kier molecular flexibility index (Phi) is 9.47. The van der Waals surface area contributed by atoms with Crippen molar-refractivity contribution in [3.8, 4) is 11.8 Å². The van der Waals surface area contributed by atoms with Crippen molar-refractivity contribution in [2.75, 3.05) is 45.9 Å². The summed E-state index contributed by atoms with van der Waals surface area (Å²) in [6.45, 7) is 12.9. The molecular weight excluding hydrogens is 410 g/mol. The minimum atomic E-state index is 0.0637. The minimum absolute atomic E-state index is 0.0637. The van der Waals surface area contributed by atoms with Crippen LogP contribution in [0.4, 0.5) is 0 Å². The number of hydrogen-bond acceptors (Lipinski definition) is 5. The highest BCUT2D eigenvalue weighted by molar-refractivity contribution is 5.94. The van der Waals surface area contributed by atoms with Crippen molar-refractivity contribution < 1.29 is 9.53 Å². The third kappa shape index (κ3) is 7.42. The highest BCUT2D eigenvalue weighted by Crippen LogP contribution is 2.26. The number of piperazine rings is 1. The topological polar surface area (TPSA) is 56.6 Å². The summed E-state index contributed by atoms with van der Waals surface area (Å²) in [5.41, 5.74) is 3.93. The van der Waals surface area contributed by atoms with Gasteiger partial charge in [-0.15, -0.1) is 0 Å². The van der Waals surface area contributed by atoms with Crippen LogP contribution in [0.15, 0.2) is 42.5 Å². The second kappa shape index (κ2) is 12.5. The van der Waals surface area contributed by atoms with Gasteiger partial charge in [0.2, 0.25) is 0 Å². The van der Waals surface area contributed by atoms with Crippen LogP contribution in [0.3, 0.4) is 0 Å². The fourth-order valence-corrected chi connectivity index (χ4v) is 4.57. The molecule has 5 nitrogen and oxygen atoms in total. The molecule has 2 aromatic carbocycles. The van der Waals surface area contributed by atoms with E-state index in [1.807, 2.05) is 37.3 Å². The summed E-state index contributed by atoms with van der Waals surface area (Å²) in [6, 6.07) is 16.0. The van der Waals surface area contributed by atoms with Crippen LogP contribution in [0.5, 0.6) is 5.75 Å². The Morgan fingerprint density at radius 3 is 2.45 bits per heavy atom. The van der Waals surface area contributed by atoms with Crippen molar-refractivity contribution >= 4 is 5.78 Å². The van der Waals surface area contributed by atoms with E-state index in [0.717, 1.165) is 62.6 Å². The number of nitrogens with zero attached hydrogens (tertiary/aromatic N) is 3. The van der Waals surface area contributed by atoms with Gasteiger partial charge < -0.3 is 9.64 Å². The number of nitriles is 1. The van der Waals surface area contributed by atoms with Gasteiger partial charge in [-0.3, -0.25) is 9.69 Å². The molecule has 3 rings (SSSR count). The highest BCUT2D eigenvalue weighted by Gasteiger charge is 2.17. The summed E-state index contributed by atoms with van der Waals surface area (Å²) in [6.07, 6.45) is 3.52. The van der Waals surface area contributed by atoms with E-state index in [2.05, 4.69) is 34.9 Å². The first-order chi connectivity index (χ1) is 16.0. The first kappa shape index (κ1) is 25.0. The fraction of sp³-hybridized carbons (Fsp3) is 0.500. The Bertz CT molecular complexity index is 958. The summed E-state index contributed by atoms with van der Waals surface area (Å²) in [4.78, 5) is 16.5. The molecule has 1 aliphatic heterocycles. The smallest absolute Gasteiger partial charge is 0.159 e. The predicted molar refractivity (Wildman–Crippen MR) is 133 cm³/mol. The van der Waals surface area contributed by atoms with E-state index in [0.29, 0.717) is 18.1 Å². The SMILES string of the molecule is CCC(CCCN1CCN(CCOc2cccc(C(C)=O)c2)CC1)c1ccc(C#N)c(C)c1. The van der Waals surface area contributed by atoms with Crippen LogP contribution in [-0.4, -0.2) is 61.5 Å². The van der Waals surface area contributed by atoms with Crippen LogP contribution in [0.25, 0.3) is 0 Å². The number of carbonyl (C=O) groups is 1. The zero-order valence-corrected chi connectivity index (χ0v) is 20.3. The maximum Gasteiger partial charge on any atom is 0.159 e. The van der Waals surface area contributed by atoms with Gasteiger partial charge in [0, 0.05) is 38.3 Å². The zero-order chi connectivity index (χ0) is 23.6. The molecule has 176 valence electrons. The van der Waals surface area contributed by atoms with E-state index in [1.54, 1.807) is 6.92 Å². The Hall–Kier alpha value is -2.68. The van der Waals surface area contributed by atoms with Gasteiger partial charge in [-0.1, -0.05) is 31.2 Å². The number of hydrogen-bond donors (Lipinski definition) is 0. The van der Waals surface area contributed by atoms with Crippen molar-refractivity contribution in [2.24, 2.45) is 0 Å². The first-order valence-electron chi connectivity index (χ1n) is 12.2. The number of carbonyl (C=O) groups excluding carboxylic acids is 1. The van der Waals surface area contributed by atoms with Crippen molar-refractivity contribution in [3.05, 3.63) is 64.7 Å². The quantitative estimate of drug-likeness (QED) is 0.452. The first-order valence-corrected chi connectivity index (χ1v) is 12.2. The monoisotopic (exact) mass is 447 g/mol. The molecule has 0 saturated carbocycles. The van der Waals surface area contributed by atoms with Gasteiger partial charge in [0.25, 0.3) is 0 Å². The number of Topliss-reactive ketones (excluding diaryl/α,β-unsaturated/α-hetero) is 1. The predicted octanol–water partition coefficient (Wildman–Crippen LogP) is 5.04. The Morgan fingerprint density at radius 2 is 1.82 bits per heavy atom. The maximum atomic E-state index is 11.5. The van der Waals surface area contributed by atoms with Gasteiger partial charge in [-0.2, -0.15) is 5.26 Å². The molecule has 5 heteroatoms. The zero-order valence-electron chi connectivity index (χ0n) is 20.3. The lowest BCUT2D eigenvalue weighted by molar-refractivity contribution is 0.101. The van der Waals surface area contributed by atoms with Crippen LogP contribution < -0.4 is 4.74 Å². The molecule has 1 saturated heterocycles. The molecule has 1 unspecified atom stereocenters. The molecular formula is C28H37N3O2. The molecule has 1 aliphatic rings. The molecule has 0 radical (unpaired) electrons. The number of rotatable bonds is 11. The van der Waals surface area contributed by atoms with Crippen LogP contribution in [0, 0.1) is 18.3 Å². The second-order valence-electron chi connectivity index (χ2n) is 9.05. The third-order valence-corrected chi connectivity index (χ3v) is 6.74. The summed E-state index contributed by atoms with van der Waals surface area (Å²) < 4.78 is 5.87. The summed E-state index contributed by atoms with van der Waals surface area (Å²) in [5, 5.41) is 9.16.